The maximum atomic E-state index is 9.58. The molecule has 3 aliphatic carbocycles. The molecule has 6 aromatic carbocycles. The fourth-order valence-electron chi connectivity index (χ4n) is 13.8. The SMILES string of the molecule is [2H]c1c([2H])c([2H])c(-c2cc3c4c(c2)N(c2ccc5c(c2)C(C)(C)CCC5(C)C)c2sc5cc6c(cc5c2B4c2ccc(C(C)(C)C)cc2N3c2cc3c(cc2C)C(C)(C)CCC3(C)C)C(C)(C)CCC6(C)C)c([2H])c1[2H]. The summed E-state index contributed by atoms with van der Waals surface area (Å²) < 4.78 is 47.3. The van der Waals surface area contributed by atoms with E-state index in [2.05, 4.69) is 193 Å². The third kappa shape index (κ3) is 6.98. The Morgan fingerprint density at radius 2 is 1.01 bits per heavy atom. The van der Waals surface area contributed by atoms with Gasteiger partial charge in [-0.25, -0.2) is 0 Å². The van der Waals surface area contributed by atoms with Crippen LogP contribution in [0.5, 0.6) is 0 Å². The highest BCUT2D eigenvalue weighted by molar-refractivity contribution is 7.26. The van der Waals surface area contributed by atoms with Crippen LogP contribution >= 0.6 is 11.3 Å². The van der Waals surface area contributed by atoms with E-state index in [-0.39, 0.29) is 80.4 Å². The maximum absolute atomic E-state index is 9.58. The second kappa shape index (κ2) is 15.0. The molecule has 0 bridgehead atoms. The van der Waals surface area contributed by atoms with Gasteiger partial charge in [0.05, 0.1) is 11.9 Å². The lowest BCUT2D eigenvalue weighted by Gasteiger charge is -2.46. The Kier molecular flexibility index (Phi) is 8.77. The maximum Gasteiger partial charge on any atom is 0.254 e. The van der Waals surface area contributed by atoms with Crippen molar-refractivity contribution >= 4 is 78.0 Å². The van der Waals surface area contributed by atoms with Gasteiger partial charge in [0.2, 0.25) is 0 Å². The normalized spacial score (nSPS) is 21.4. The fraction of sp³-hybridized carbons (Fsp3) is 0.433. The van der Waals surface area contributed by atoms with Crippen LogP contribution in [0.3, 0.4) is 0 Å². The van der Waals surface area contributed by atoms with Crippen molar-refractivity contribution in [2.24, 2.45) is 0 Å². The summed E-state index contributed by atoms with van der Waals surface area (Å²) in [4.78, 5) is 5.05. The molecule has 1 aromatic heterocycles. The van der Waals surface area contributed by atoms with E-state index >= 15 is 0 Å². The Morgan fingerprint density at radius 1 is 0.493 bits per heavy atom. The van der Waals surface area contributed by atoms with Gasteiger partial charge in [0.1, 0.15) is 0 Å². The molecule has 364 valence electrons. The Labute approximate surface area is 438 Å². The second-order valence-electron chi connectivity index (χ2n) is 27.5. The van der Waals surface area contributed by atoms with E-state index in [0.29, 0.717) is 5.56 Å². The van der Waals surface area contributed by atoms with Crippen LogP contribution < -0.4 is 26.2 Å². The minimum Gasteiger partial charge on any atom is -0.311 e. The molecule has 4 heteroatoms. The summed E-state index contributed by atoms with van der Waals surface area (Å²) in [5, 5.41) is 2.48. The van der Waals surface area contributed by atoms with Crippen molar-refractivity contribution in [3.63, 3.8) is 0 Å². The third-order valence-electron chi connectivity index (χ3n) is 18.8. The predicted octanol–water partition coefficient (Wildman–Crippen LogP) is 17.3. The molecule has 7 aromatic rings. The largest absolute Gasteiger partial charge is 0.311 e. The molecular weight excluding hydrogens is 876 g/mol. The van der Waals surface area contributed by atoms with E-state index in [0.717, 1.165) is 67.0 Å². The predicted molar refractivity (Wildman–Crippen MR) is 311 cm³/mol. The summed E-state index contributed by atoms with van der Waals surface area (Å²) in [7, 11) is 0. The number of rotatable bonds is 3. The number of nitrogens with zero attached hydrogens (tertiary/aromatic N) is 2. The van der Waals surface area contributed by atoms with E-state index in [1.807, 2.05) is 11.3 Å². The molecule has 0 spiro atoms. The molecule has 71 heavy (non-hydrogen) atoms. The number of fused-ring (bicyclic) bond motifs is 9. The number of anilines is 6. The van der Waals surface area contributed by atoms with Crippen molar-refractivity contribution in [2.75, 3.05) is 9.80 Å². The number of benzene rings is 6. The van der Waals surface area contributed by atoms with Gasteiger partial charge in [0, 0.05) is 33.1 Å². The topological polar surface area (TPSA) is 6.48 Å². The zero-order valence-electron chi connectivity index (χ0n) is 50.6. The zero-order valence-corrected chi connectivity index (χ0v) is 46.4. The van der Waals surface area contributed by atoms with Crippen molar-refractivity contribution in [3.8, 4) is 11.1 Å². The highest BCUT2D eigenvalue weighted by Crippen LogP contribution is 2.56. The molecule has 2 aliphatic heterocycles. The molecule has 0 radical (unpaired) electrons. The summed E-state index contributed by atoms with van der Waals surface area (Å²) in [5.74, 6) is 0. The summed E-state index contributed by atoms with van der Waals surface area (Å²) in [6.45, 7) is 37.9. The van der Waals surface area contributed by atoms with Crippen LogP contribution in [0.25, 0.3) is 21.2 Å². The lowest BCUT2D eigenvalue weighted by atomic mass is 9.33. The lowest BCUT2D eigenvalue weighted by molar-refractivity contribution is 0.332. The average Bonchev–Trinajstić information content (AvgIpc) is 3.95. The van der Waals surface area contributed by atoms with Gasteiger partial charge < -0.3 is 9.80 Å². The number of thiophene rings is 1. The summed E-state index contributed by atoms with van der Waals surface area (Å²) in [5.41, 5.74) is 20.5. The molecule has 12 rings (SSSR count). The van der Waals surface area contributed by atoms with Crippen LogP contribution in [0.15, 0.2) is 103 Å². The molecule has 3 heterocycles. The monoisotopic (exact) mass is 958 g/mol. The van der Waals surface area contributed by atoms with Gasteiger partial charge in [-0.2, -0.15) is 0 Å². The Hall–Kier alpha value is -5.06. The molecule has 0 saturated heterocycles. The van der Waals surface area contributed by atoms with E-state index < -0.39 is 0 Å². The first-order chi connectivity index (χ1) is 35.3. The van der Waals surface area contributed by atoms with Crippen molar-refractivity contribution in [1.82, 2.24) is 0 Å². The van der Waals surface area contributed by atoms with Gasteiger partial charge in [-0.3, -0.25) is 0 Å². The second-order valence-corrected chi connectivity index (χ2v) is 28.5. The Morgan fingerprint density at radius 3 is 1.61 bits per heavy atom. The minimum absolute atomic E-state index is 0.00377. The van der Waals surface area contributed by atoms with Gasteiger partial charge >= 0.3 is 0 Å². The zero-order chi connectivity index (χ0) is 54.7. The molecule has 0 atom stereocenters. The smallest absolute Gasteiger partial charge is 0.254 e. The number of hydrogen-bond donors (Lipinski definition) is 0. The van der Waals surface area contributed by atoms with E-state index in [9.17, 15) is 2.74 Å². The van der Waals surface area contributed by atoms with Crippen molar-refractivity contribution in [1.29, 1.82) is 0 Å². The summed E-state index contributed by atoms with van der Waals surface area (Å²) >= 11 is 1.89. The van der Waals surface area contributed by atoms with Gasteiger partial charge in [-0.15, -0.1) is 11.3 Å². The van der Waals surface area contributed by atoms with E-state index in [4.69, 9.17) is 4.11 Å². The lowest BCUT2D eigenvalue weighted by Crippen LogP contribution is -2.61. The van der Waals surface area contributed by atoms with Crippen LogP contribution in [0.4, 0.5) is 33.4 Å². The molecule has 0 N–H and O–H groups in total. The molecule has 2 nitrogen and oxygen atoms in total. The fourth-order valence-corrected chi connectivity index (χ4v) is 15.1. The molecular formula is C67H77BN2S. The van der Waals surface area contributed by atoms with Gasteiger partial charge in [0.25, 0.3) is 6.71 Å². The van der Waals surface area contributed by atoms with Gasteiger partial charge in [-0.1, -0.05) is 158 Å². The first kappa shape index (κ1) is 41.4. The third-order valence-corrected chi connectivity index (χ3v) is 20.0. The van der Waals surface area contributed by atoms with Crippen LogP contribution in [-0.4, -0.2) is 6.71 Å². The first-order valence-electron chi connectivity index (χ1n) is 29.2. The highest BCUT2D eigenvalue weighted by Gasteiger charge is 2.49. The number of hydrogen-bond acceptors (Lipinski definition) is 3. The quantitative estimate of drug-likeness (QED) is 0.163. The highest BCUT2D eigenvalue weighted by atomic mass is 32.1. The van der Waals surface area contributed by atoms with Crippen molar-refractivity contribution < 1.29 is 6.85 Å². The van der Waals surface area contributed by atoms with Crippen LogP contribution in [0, 0.1) is 6.92 Å². The molecule has 0 fully saturated rings. The van der Waals surface area contributed by atoms with Gasteiger partial charge in [-0.05, 0) is 209 Å². The first-order valence-corrected chi connectivity index (χ1v) is 27.5. The van der Waals surface area contributed by atoms with E-state index in [1.54, 1.807) is 0 Å². The molecule has 0 amide bonds. The standard InChI is InChI=1S/C67H77BN2S/c1-40-32-47-50(66(13,14)30-28-63(47,7)8)38-53(40)70-54-35-43(61(2,3)4)22-25-52(54)68-58-45-37-49-51(67(15,16)31-29-65(49,11)12)39-57(45)71-60(58)69(44-23-24-46-48(36-44)64(9,10)27-26-62(46,5)6)55-33-42(34-56(70)59(55)68)41-20-18-17-19-21-41/h17-25,32-39H,26-31H2,1-16H3/i17D,18D,19D,20D,21D. The van der Waals surface area contributed by atoms with Crippen molar-refractivity contribution in [3.05, 3.63) is 148 Å². The van der Waals surface area contributed by atoms with Crippen LogP contribution in [0.2, 0.25) is 0 Å². The average molecular weight is 958 g/mol. The Bertz CT molecular complexity index is 3670. The summed E-state index contributed by atoms with van der Waals surface area (Å²) in [6, 6.07) is 27.5. The van der Waals surface area contributed by atoms with Gasteiger partial charge in [0.15, 0.2) is 0 Å². The van der Waals surface area contributed by atoms with Crippen LogP contribution in [-0.2, 0) is 37.9 Å². The van der Waals surface area contributed by atoms with Crippen LogP contribution in [0.1, 0.15) is 194 Å². The molecule has 5 aliphatic rings. The molecule has 0 unspecified atom stereocenters. The van der Waals surface area contributed by atoms with Crippen molar-refractivity contribution in [2.45, 2.75) is 187 Å². The summed E-state index contributed by atoms with van der Waals surface area (Å²) in [6.07, 6.45) is 6.65. The molecule has 0 saturated carbocycles. The number of aryl methyl sites for hydroxylation is 1. The van der Waals surface area contributed by atoms with E-state index in [1.165, 1.54) is 76.0 Å². The minimum atomic E-state index is -0.385. The Balaban J connectivity index is 1.28.